The van der Waals surface area contributed by atoms with E-state index < -0.39 is 5.54 Å². The quantitative estimate of drug-likeness (QED) is 0.840. The number of carbonyl (C=O) groups is 1. The Bertz CT molecular complexity index is 300. The first-order chi connectivity index (χ1) is 8.49. The molecule has 104 valence electrons. The summed E-state index contributed by atoms with van der Waals surface area (Å²) in [6.07, 6.45) is 7.98. The van der Waals surface area contributed by atoms with Crippen LogP contribution in [0.25, 0.3) is 0 Å². The molecule has 0 aromatic rings. The van der Waals surface area contributed by atoms with Crippen molar-refractivity contribution in [3.05, 3.63) is 0 Å². The normalized spacial score (nSPS) is 28.3. The van der Waals surface area contributed by atoms with E-state index in [0.717, 1.165) is 32.3 Å². The highest BCUT2D eigenvalue weighted by atomic mass is 16.5. The average Bonchev–Trinajstić information content (AvgIpc) is 2.39. The van der Waals surface area contributed by atoms with Gasteiger partial charge in [-0.1, -0.05) is 19.3 Å². The summed E-state index contributed by atoms with van der Waals surface area (Å²) in [7, 11) is 1.87. The standard InChI is InChI=1S/C15H27NO2/c1-14(2,16-3)13(17)12-7-10-18-15(11-12)8-5-4-6-9-15/h12,16H,4-11H2,1-3H3. The van der Waals surface area contributed by atoms with Crippen LogP contribution in [-0.4, -0.2) is 30.6 Å². The Morgan fingerprint density at radius 2 is 1.94 bits per heavy atom. The Morgan fingerprint density at radius 1 is 1.28 bits per heavy atom. The number of nitrogens with one attached hydrogen (secondary N) is 1. The number of hydrogen-bond acceptors (Lipinski definition) is 3. The first-order valence-electron chi connectivity index (χ1n) is 7.36. The number of hydrogen-bond donors (Lipinski definition) is 1. The van der Waals surface area contributed by atoms with E-state index in [1.807, 2.05) is 20.9 Å². The number of rotatable bonds is 3. The van der Waals surface area contributed by atoms with Gasteiger partial charge in [-0.05, 0) is 46.6 Å². The van der Waals surface area contributed by atoms with Gasteiger partial charge in [-0.2, -0.15) is 0 Å². The highest BCUT2D eigenvalue weighted by Gasteiger charge is 2.43. The topological polar surface area (TPSA) is 38.3 Å². The SMILES string of the molecule is CNC(C)(C)C(=O)C1CCOC2(CCCCC2)C1. The summed E-state index contributed by atoms with van der Waals surface area (Å²) in [6, 6.07) is 0. The summed E-state index contributed by atoms with van der Waals surface area (Å²) in [5.41, 5.74) is -0.376. The molecule has 0 amide bonds. The Kier molecular flexibility index (Phi) is 4.12. The summed E-state index contributed by atoms with van der Waals surface area (Å²) >= 11 is 0. The second-order valence-corrected chi connectivity index (χ2v) is 6.52. The van der Waals surface area contributed by atoms with Gasteiger partial charge < -0.3 is 10.1 Å². The summed E-state index contributed by atoms with van der Waals surface area (Å²) in [6.45, 7) is 4.73. The highest BCUT2D eigenvalue weighted by molar-refractivity contribution is 5.89. The lowest BCUT2D eigenvalue weighted by Crippen LogP contribution is -2.52. The van der Waals surface area contributed by atoms with Crippen LogP contribution in [0, 0.1) is 5.92 Å². The van der Waals surface area contributed by atoms with Crippen molar-refractivity contribution >= 4 is 5.78 Å². The molecule has 0 bridgehead atoms. The van der Waals surface area contributed by atoms with Crippen molar-refractivity contribution in [2.45, 2.75) is 69.9 Å². The van der Waals surface area contributed by atoms with Gasteiger partial charge in [0, 0.05) is 12.5 Å². The van der Waals surface area contributed by atoms with Crippen molar-refractivity contribution in [3.63, 3.8) is 0 Å². The Balaban J connectivity index is 2.04. The fourth-order valence-electron chi connectivity index (χ4n) is 3.43. The van der Waals surface area contributed by atoms with Gasteiger partial charge in [0.1, 0.15) is 0 Å². The second-order valence-electron chi connectivity index (χ2n) is 6.52. The highest BCUT2D eigenvalue weighted by Crippen LogP contribution is 2.41. The minimum atomic E-state index is -0.405. The number of ketones is 1. The molecule has 1 saturated carbocycles. The molecule has 3 heteroatoms. The van der Waals surface area contributed by atoms with Crippen molar-refractivity contribution in [2.24, 2.45) is 5.92 Å². The molecule has 2 rings (SSSR count). The Hall–Kier alpha value is -0.410. The van der Waals surface area contributed by atoms with Crippen molar-refractivity contribution in [2.75, 3.05) is 13.7 Å². The molecule has 2 fully saturated rings. The molecule has 1 atom stereocenters. The molecule has 1 heterocycles. The van der Waals surface area contributed by atoms with Crippen LogP contribution in [0.1, 0.15) is 58.8 Å². The second kappa shape index (κ2) is 5.30. The van der Waals surface area contributed by atoms with Crippen molar-refractivity contribution in [1.29, 1.82) is 0 Å². The van der Waals surface area contributed by atoms with Crippen LogP contribution in [0.4, 0.5) is 0 Å². The molecule has 1 N–H and O–H groups in total. The predicted molar refractivity (Wildman–Crippen MR) is 72.6 cm³/mol. The molecule has 1 aliphatic carbocycles. The summed E-state index contributed by atoms with van der Waals surface area (Å²) in [5.74, 6) is 0.539. The van der Waals surface area contributed by atoms with Gasteiger partial charge in [0.05, 0.1) is 11.1 Å². The Morgan fingerprint density at radius 3 is 2.56 bits per heavy atom. The molecule has 1 spiro atoms. The van der Waals surface area contributed by atoms with Crippen molar-refractivity contribution in [3.8, 4) is 0 Å². The zero-order valence-corrected chi connectivity index (χ0v) is 12.1. The minimum absolute atomic E-state index is 0.0284. The molecular formula is C15H27NO2. The summed E-state index contributed by atoms with van der Waals surface area (Å²) in [4.78, 5) is 12.6. The molecule has 18 heavy (non-hydrogen) atoms. The lowest BCUT2D eigenvalue weighted by molar-refractivity contribution is -0.147. The van der Waals surface area contributed by atoms with E-state index in [4.69, 9.17) is 4.74 Å². The fourth-order valence-corrected chi connectivity index (χ4v) is 3.43. The molecule has 0 aromatic carbocycles. The van der Waals surface area contributed by atoms with Crippen molar-refractivity contribution in [1.82, 2.24) is 5.32 Å². The largest absolute Gasteiger partial charge is 0.375 e. The molecule has 0 aromatic heterocycles. The third-order valence-corrected chi connectivity index (χ3v) is 4.87. The fraction of sp³-hybridized carbons (Fsp3) is 0.933. The molecule has 0 radical (unpaired) electrons. The Labute approximate surface area is 111 Å². The van der Waals surface area contributed by atoms with Crippen LogP contribution in [0.15, 0.2) is 0 Å². The number of Topliss-reactive ketones (excluding diaryl/α,β-unsaturated/α-hetero) is 1. The van der Waals surface area contributed by atoms with Crippen LogP contribution in [0.2, 0.25) is 0 Å². The molecule has 3 nitrogen and oxygen atoms in total. The van der Waals surface area contributed by atoms with Crippen LogP contribution in [-0.2, 0) is 9.53 Å². The zero-order chi connectivity index (χ0) is 13.2. The third kappa shape index (κ3) is 2.77. The van der Waals surface area contributed by atoms with Gasteiger partial charge in [0.15, 0.2) is 5.78 Å². The third-order valence-electron chi connectivity index (χ3n) is 4.87. The van der Waals surface area contributed by atoms with E-state index in [1.165, 1.54) is 19.3 Å². The zero-order valence-electron chi connectivity index (χ0n) is 12.1. The first kappa shape index (κ1) is 14.0. The maximum atomic E-state index is 12.6. The molecule has 1 unspecified atom stereocenters. The van der Waals surface area contributed by atoms with E-state index >= 15 is 0 Å². The average molecular weight is 253 g/mol. The van der Waals surface area contributed by atoms with Gasteiger partial charge >= 0.3 is 0 Å². The van der Waals surface area contributed by atoms with Crippen LogP contribution < -0.4 is 5.32 Å². The van der Waals surface area contributed by atoms with E-state index in [9.17, 15) is 4.79 Å². The van der Waals surface area contributed by atoms with Crippen LogP contribution in [0.5, 0.6) is 0 Å². The molecular weight excluding hydrogens is 226 g/mol. The van der Waals surface area contributed by atoms with E-state index in [-0.39, 0.29) is 11.5 Å². The molecule has 1 saturated heterocycles. The smallest absolute Gasteiger partial charge is 0.155 e. The van der Waals surface area contributed by atoms with Crippen LogP contribution >= 0.6 is 0 Å². The maximum Gasteiger partial charge on any atom is 0.155 e. The lowest BCUT2D eigenvalue weighted by Gasteiger charge is -2.44. The minimum Gasteiger partial charge on any atom is -0.375 e. The lowest BCUT2D eigenvalue weighted by atomic mass is 9.72. The number of likely N-dealkylation sites (N-methyl/N-ethyl adjacent to an activating group) is 1. The monoisotopic (exact) mass is 253 g/mol. The van der Waals surface area contributed by atoms with Gasteiger partial charge in [0.25, 0.3) is 0 Å². The number of carbonyl (C=O) groups excluding carboxylic acids is 1. The van der Waals surface area contributed by atoms with Gasteiger partial charge in [0.2, 0.25) is 0 Å². The molecule has 2 aliphatic rings. The predicted octanol–water partition coefficient (Wildman–Crippen LogP) is 2.68. The van der Waals surface area contributed by atoms with E-state index in [2.05, 4.69) is 5.32 Å². The maximum absolute atomic E-state index is 12.6. The van der Waals surface area contributed by atoms with E-state index in [1.54, 1.807) is 0 Å². The van der Waals surface area contributed by atoms with Gasteiger partial charge in [-0.25, -0.2) is 0 Å². The van der Waals surface area contributed by atoms with Gasteiger partial charge in [-0.15, -0.1) is 0 Å². The molecule has 1 aliphatic heterocycles. The first-order valence-corrected chi connectivity index (χ1v) is 7.36. The summed E-state index contributed by atoms with van der Waals surface area (Å²) < 4.78 is 6.06. The summed E-state index contributed by atoms with van der Waals surface area (Å²) in [5, 5.41) is 3.14. The van der Waals surface area contributed by atoms with Crippen molar-refractivity contribution < 1.29 is 9.53 Å². The number of ether oxygens (including phenoxy) is 1. The van der Waals surface area contributed by atoms with Crippen LogP contribution in [0.3, 0.4) is 0 Å². The van der Waals surface area contributed by atoms with E-state index in [0.29, 0.717) is 5.78 Å². The van der Waals surface area contributed by atoms with Gasteiger partial charge in [-0.3, -0.25) is 4.79 Å².